The van der Waals surface area contributed by atoms with E-state index in [4.69, 9.17) is 4.74 Å². The van der Waals surface area contributed by atoms with Gasteiger partial charge in [-0.25, -0.2) is 0 Å². The van der Waals surface area contributed by atoms with E-state index in [0.29, 0.717) is 6.54 Å². The molecule has 0 radical (unpaired) electrons. The second-order valence-electron chi connectivity index (χ2n) is 8.36. The highest BCUT2D eigenvalue weighted by atomic mass is 16.5. The van der Waals surface area contributed by atoms with Crippen molar-refractivity contribution in [2.45, 2.75) is 52.6 Å². The van der Waals surface area contributed by atoms with Crippen molar-refractivity contribution in [1.29, 1.82) is 0 Å². The molecule has 5 heteroatoms. The van der Waals surface area contributed by atoms with Gasteiger partial charge in [-0.3, -0.25) is 9.69 Å². The summed E-state index contributed by atoms with van der Waals surface area (Å²) in [5, 5.41) is 10.4. The summed E-state index contributed by atoms with van der Waals surface area (Å²) in [5.74, 6) is 0.959. The van der Waals surface area contributed by atoms with E-state index in [9.17, 15) is 9.90 Å². The van der Waals surface area contributed by atoms with Gasteiger partial charge >= 0.3 is 0 Å². The number of carbonyl (C=O) groups is 1. The first kappa shape index (κ1) is 20.7. The fourth-order valence-electron chi connectivity index (χ4n) is 3.28. The van der Waals surface area contributed by atoms with Gasteiger partial charge in [0.05, 0.1) is 0 Å². The Kier molecular flexibility index (Phi) is 7.07. The zero-order valence-electron chi connectivity index (χ0n) is 16.9. The Labute approximate surface area is 157 Å². The van der Waals surface area contributed by atoms with Crippen LogP contribution in [0.2, 0.25) is 0 Å². The van der Waals surface area contributed by atoms with Crippen LogP contribution in [0.5, 0.6) is 5.75 Å². The van der Waals surface area contributed by atoms with Crippen LogP contribution in [0, 0.1) is 6.92 Å². The Morgan fingerprint density at radius 2 is 1.96 bits per heavy atom. The minimum atomic E-state index is -0.541. The van der Waals surface area contributed by atoms with Crippen LogP contribution in [-0.2, 0) is 10.2 Å². The molecule has 1 aromatic rings. The van der Waals surface area contributed by atoms with Gasteiger partial charge in [-0.15, -0.1) is 0 Å². The maximum Gasteiger partial charge on any atom is 0.219 e. The van der Waals surface area contributed by atoms with Crippen molar-refractivity contribution in [2.24, 2.45) is 0 Å². The van der Waals surface area contributed by atoms with Crippen LogP contribution < -0.4 is 4.74 Å². The third kappa shape index (κ3) is 5.99. The van der Waals surface area contributed by atoms with E-state index < -0.39 is 6.10 Å². The quantitative estimate of drug-likeness (QED) is 0.875. The van der Waals surface area contributed by atoms with E-state index in [1.807, 2.05) is 17.9 Å². The molecule has 1 aromatic carbocycles. The minimum Gasteiger partial charge on any atom is -0.491 e. The molecule has 1 amide bonds. The number of rotatable bonds is 5. The van der Waals surface area contributed by atoms with E-state index in [0.717, 1.165) is 43.9 Å². The number of amides is 1. The lowest BCUT2D eigenvalue weighted by Crippen LogP contribution is -2.38. The zero-order chi connectivity index (χ0) is 19.3. The average molecular weight is 363 g/mol. The molecule has 1 aliphatic rings. The van der Waals surface area contributed by atoms with Crippen molar-refractivity contribution in [3.8, 4) is 5.75 Å². The summed E-state index contributed by atoms with van der Waals surface area (Å²) in [6.07, 6.45) is 0.404. The minimum absolute atomic E-state index is 0.114. The Morgan fingerprint density at radius 3 is 2.58 bits per heavy atom. The van der Waals surface area contributed by atoms with E-state index in [1.165, 1.54) is 5.56 Å². The molecule has 1 heterocycles. The predicted molar refractivity (Wildman–Crippen MR) is 105 cm³/mol. The highest BCUT2D eigenvalue weighted by Crippen LogP contribution is 2.27. The van der Waals surface area contributed by atoms with Crippen LogP contribution in [0.25, 0.3) is 0 Å². The number of β-amino-alcohol motifs (C(OH)–C–C–N with tert-alkyl or cyclic N) is 1. The molecular formula is C21H34N2O3. The molecule has 0 aliphatic carbocycles. The van der Waals surface area contributed by atoms with Crippen LogP contribution in [-0.4, -0.2) is 66.2 Å². The molecule has 0 spiro atoms. The molecular weight excluding hydrogens is 328 g/mol. The third-order valence-corrected chi connectivity index (χ3v) is 4.97. The summed E-state index contributed by atoms with van der Waals surface area (Å²) >= 11 is 0. The van der Waals surface area contributed by atoms with Crippen molar-refractivity contribution in [3.05, 3.63) is 29.3 Å². The monoisotopic (exact) mass is 362 g/mol. The van der Waals surface area contributed by atoms with Crippen LogP contribution in [0.15, 0.2) is 18.2 Å². The summed E-state index contributed by atoms with van der Waals surface area (Å²) < 4.78 is 5.86. The summed E-state index contributed by atoms with van der Waals surface area (Å²) in [6.45, 7) is 14.3. The molecule has 146 valence electrons. The molecule has 1 atom stereocenters. The summed E-state index contributed by atoms with van der Waals surface area (Å²) in [5.41, 5.74) is 2.49. The van der Waals surface area contributed by atoms with Gasteiger partial charge in [0.2, 0.25) is 5.91 Å². The molecule has 0 aromatic heterocycles. The van der Waals surface area contributed by atoms with Crippen LogP contribution in [0.3, 0.4) is 0 Å². The Balaban J connectivity index is 1.83. The number of ether oxygens (including phenoxy) is 1. The van der Waals surface area contributed by atoms with Gasteiger partial charge < -0.3 is 14.7 Å². The Morgan fingerprint density at radius 1 is 1.23 bits per heavy atom. The van der Waals surface area contributed by atoms with Crippen LogP contribution in [0.4, 0.5) is 0 Å². The third-order valence-electron chi connectivity index (χ3n) is 4.97. The first-order valence-corrected chi connectivity index (χ1v) is 9.56. The average Bonchev–Trinajstić information content (AvgIpc) is 2.78. The molecule has 1 saturated heterocycles. The molecule has 1 fully saturated rings. The van der Waals surface area contributed by atoms with Gasteiger partial charge in [0.25, 0.3) is 0 Å². The SMILES string of the molecule is CC(=O)N1CCCN(C[C@@H](O)COc2ccc(C(C)(C)C)cc2C)CC1. The number of hydrogen-bond donors (Lipinski definition) is 1. The van der Waals surface area contributed by atoms with Crippen molar-refractivity contribution in [3.63, 3.8) is 0 Å². The maximum atomic E-state index is 11.5. The first-order valence-electron chi connectivity index (χ1n) is 9.56. The second-order valence-corrected chi connectivity index (χ2v) is 8.36. The molecule has 1 N–H and O–H groups in total. The standard InChI is InChI=1S/C21H34N2O3/c1-16-13-18(21(3,4)5)7-8-20(16)26-15-19(25)14-22-9-6-10-23(12-11-22)17(2)24/h7-8,13,19,25H,6,9-12,14-15H2,1-5H3/t19-/m1/s1. The van der Waals surface area contributed by atoms with Crippen molar-refractivity contribution in [1.82, 2.24) is 9.80 Å². The molecule has 2 rings (SSSR count). The van der Waals surface area contributed by atoms with Crippen molar-refractivity contribution >= 4 is 5.91 Å². The molecule has 26 heavy (non-hydrogen) atoms. The lowest BCUT2D eigenvalue weighted by molar-refractivity contribution is -0.128. The predicted octanol–water partition coefficient (Wildman–Crippen LogP) is 2.59. The molecule has 0 bridgehead atoms. The van der Waals surface area contributed by atoms with Gasteiger partial charge in [-0.05, 0) is 42.5 Å². The number of aliphatic hydroxyl groups excluding tert-OH is 1. The van der Waals surface area contributed by atoms with Gasteiger partial charge in [0.1, 0.15) is 18.5 Å². The molecule has 0 unspecified atom stereocenters. The number of carbonyl (C=O) groups excluding carboxylic acids is 1. The lowest BCUT2D eigenvalue weighted by Gasteiger charge is -2.24. The van der Waals surface area contributed by atoms with Crippen LogP contribution >= 0.6 is 0 Å². The van der Waals surface area contributed by atoms with Gasteiger partial charge in [-0.2, -0.15) is 0 Å². The van der Waals surface area contributed by atoms with Crippen molar-refractivity contribution in [2.75, 3.05) is 39.3 Å². The Bertz CT molecular complexity index is 610. The largest absolute Gasteiger partial charge is 0.491 e. The number of hydrogen-bond acceptors (Lipinski definition) is 4. The molecule has 1 aliphatic heterocycles. The topological polar surface area (TPSA) is 53.0 Å². The van der Waals surface area contributed by atoms with Gasteiger partial charge in [-0.1, -0.05) is 32.9 Å². The molecule has 0 saturated carbocycles. The van der Waals surface area contributed by atoms with E-state index >= 15 is 0 Å². The highest BCUT2D eigenvalue weighted by Gasteiger charge is 2.19. The van der Waals surface area contributed by atoms with Crippen LogP contribution in [0.1, 0.15) is 45.2 Å². The fourth-order valence-corrected chi connectivity index (χ4v) is 3.28. The van der Waals surface area contributed by atoms with E-state index in [1.54, 1.807) is 6.92 Å². The maximum absolute atomic E-state index is 11.5. The normalized spacial score (nSPS) is 17.7. The summed E-state index contributed by atoms with van der Waals surface area (Å²) in [6, 6.07) is 6.26. The zero-order valence-corrected chi connectivity index (χ0v) is 16.9. The lowest BCUT2D eigenvalue weighted by atomic mass is 9.86. The number of aliphatic hydroxyl groups is 1. The number of aryl methyl sites for hydroxylation is 1. The van der Waals surface area contributed by atoms with Crippen molar-refractivity contribution < 1.29 is 14.6 Å². The number of benzene rings is 1. The van der Waals surface area contributed by atoms with E-state index in [-0.39, 0.29) is 17.9 Å². The first-order chi connectivity index (χ1) is 12.2. The fraction of sp³-hybridized carbons (Fsp3) is 0.667. The second kappa shape index (κ2) is 8.87. The Hall–Kier alpha value is -1.59. The smallest absolute Gasteiger partial charge is 0.219 e. The number of nitrogens with zero attached hydrogens (tertiary/aromatic N) is 2. The van der Waals surface area contributed by atoms with Gasteiger partial charge in [0.15, 0.2) is 0 Å². The molecule has 5 nitrogen and oxygen atoms in total. The summed E-state index contributed by atoms with van der Waals surface area (Å²) in [7, 11) is 0. The van der Waals surface area contributed by atoms with Gasteiger partial charge in [0, 0.05) is 33.1 Å². The highest BCUT2D eigenvalue weighted by molar-refractivity contribution is 5.73. The summed E-state index contributed by atoms with van der Waals surface area (Å²) in [4.78, 5) is 15.6. The van der Waals surface area contributed by atoms with E-state index in [2.05, 4.69) is 37.8 Å².